The average molecular weight is 338 g/mol. The first kappa shape index (κ1) is 12.1. The minimum atomic E-state index is -0.315. The van der Waals surface area contributed by atoms with E-state index in [0.29, 0.717) is 11.3 Å². The van der Waals surface area contributed by atoms with E-state index >= 15 is 0 Å². The standard InChI is InChI=1S/C14H11IO2/c1-10-6-2-5-9-13(10)17-14(16)11-7-3-4-8-12(11)15/h2-9H,1H3. The van der Waals surface area contributed by atoms with Gasteiger partial charge >= 0.3 is 5.97 Å². The fourth-order valence-corrected chi connectivity index (χ4v) is 2.06. The molecule has 0 radical (unpaired) electrons. The highest BCUT2D eigenvalue weighted by Crippen LogP contribution is 2.19. The van der Waals surface area contributed by atoms with Crippen molar-refractivity contribution in [2.45, 2.75) is 6.92 Å². The first-order valence-electron chi connectivity index (χ1n) is 5.21. The first-order chi connectivity index (χ1) is 8.18. The minimum Gasteiger partial charge on any atom is -0.423 e. The lowest BCUT2D eigenvalue weighted by Crippen LogP contribution is -2.10. The van der Waals surface area contributed by atoms with Crippen LogP contribution in [-0.2, 0) is 0 Å². The predicted molar refractivity (Wildman–Crippen MR) is 75.3 cm³/mol. The van der Waals surface area contributed by atoms with E-state index in [4.69, 9.17) is 4.74 Å². The number of ether oxygens (including phenoxy) is 1. The van der Waals surface area contributed by atoms with Crippen LogP contribution in [0.1, 0.15) is 15.9 Å². The molecule has 86 valence electrons. The zero-order valence-electron chi connectivity index (χ0n) is 9.31. The summed E-state index contributed by atoms with van der Waals surface area (Å²) >= 11 is 2.13. The third kappa shape index (κ3) is 2.85. The Balaban J connectivity index is 2.24. The van der Waals surface area contributed by atoms with E-state index in [-0.39, 0.29) is 5.97 Å². The summed E-state index contributed by atoms with van der Waals surface area (Å²) in [6, 6.07) is 14.9. The van der Waals surface area contributed by atoms with Gasteiger partial charge in [0.1, 0.15) is 5.75 Å². The van der Waals surface area contributed by atoms with Gasteiger partial charge in [-0.1, -0.05) is 30.3 Å². The SMILES string of the molecule is Cc1ccccc1OC(=O)c1ccccc1I. The van der Waals surface area contributed by atoms with E-state index in [2.05, 4.69) is 22.6 Å². The summed E-state index contributed by atoms with van der Waals surface area (Å²) in [7, 11) is 0. The van der Waals surface area contributed by atoms with Crippen molar-refractivity contribution in [3.63, 3.8) is 0 Å². The summed E-state index contributed by atoms with van der Waals surface area (Å²) in [4.78, 5) is 12.0. The highest BCUT2D eigenvalue weighted by atomic mass is 127. The van der Waals surface area contributed by atoms with Gasteiger partial charge < -0.3 is 4.74 Å². The van der Waals surface area contributed by atoms with Gasteiger partial charge in [-0.05, 0) is 53.3 Å². The Morgan fingerprint density at radius 3 is 2.41 bits per heavy atom. The van der Waals surface area contributed by atoms with Crippen molar-refractivity contribution in [2.24, 2.45) is 0 Å². The summed E-state index contributed by atoms with van der Waals surface area (Å²) in [6.07, 6.45) is 0. The molecule has 0 aliphatic rings. The van der Waals surface area contributed by atoms with Crippen molar-refractivity contribution >= 4 is 28.6 Å². The number of carbonyl (C=O) groups excluding carboxylic acids is 1. The number of hydrogen-bond donors (Lipinski definition) is 0. The van der Waals surface area contributed by atoms with Crippen LogP contribution in [0.4, 0.5) is 0 Å². The van der Waals surface area contributed by atoms with Crippen LogP contribution in [-0.4, -0.2) is 5.97 Å². The Morgan fingerprint density at radius 2 is 1.71 bits per heavy atom. The van der Waals surface area contributed by atoms with Crippen LogP contribution in [0.2, 0.25) is 0 Å². The van der Waals surface area contributed by atoms with Gasteiger partial charge in [0.05, 0.1) is 5.56 Å². The maximum Gasteiger partial charge on any atom is 0.344 e. The summed E-state index contributed by atoms with van der Waals surface area (Å²) in [5, 5.41) is 0. The molecular formula is C14H11IO2. The molecule has 0 saturated carbocycles. The molecule has 2 rings (SSSR count). The van der Waals surface area contributed by atoms with Crippen molar-refractivity contribution in [1.29, 1.82) is 0 Å². The predicted octanol–water partition coefficient (Wildman–Crippen LogP) is 3.82. The van der Waals surface area contributed by atoms with Crippen LogP contribution in [0.15, 0.2) is 48.5 Å². The number of aryl methyl sites for hydroxylation is 1. The maximum atomic E-state index is 12.0. The van der Waals surface area contributed by atoms with Gasteiger partial charge in [0.25, 0.3) is 0 Å². The Bertz CT molecular complexity index is 549. The van der Waals surface area contributed by atoms with Crippen molar-refractivity contribution in [3.8, 4) is 5.75 Å². The molecule has 0 spiro atoms. The Labute approximate surface area is 114 Å². The van der Waals surface area contributed by atoms with E-state index in [0.717, 1.165) is 9.13 Å². The molecule has 0 unspecified atom stereocenters. The molecule has 3 heteroatoms. The quantitative estimate of drug-likeness (QED) is 0.473. The van der Waals surface area contributed by atoms with Crippen LogP contribution < -0.4 is 4.74 Å². The number of rotatable bonds is 2. The van der Waals surface area contributed by atoms with E-state index in [1.54, 1.807) is 12.1 Å². The summed E-state index contributed by atoms with van der Waals surface area (Å²) in [5.74, 6) is 0.293. The molecule has 2 aromatic rings. The van der Waals surface area contributed by atoms with Crippen molar-refractivity contribution in [1.82, 2.24) is 0 Å². The summed E-state index contributed by atoms with van der Waals surface area (Å²) in [5.41, 5.74) is 1.54. The van der Waals surface area contributed by atoms with Crippen molar-refractivity contribution in [2.75, 3.05) is 0 Å². The van der Waals surface area contributed by atoms with Gasteiger partial charge in [0.15, 0.2) is 0 Å². The molecule has 2 aromatic carbocycles. The lowest BCUT2D eigenvalue weighted by Gasteiger charge is -2.07. The van der Waals surface area contributed by atoms with Crippen molar-refractivity contribution in [3.05, 3.63) is 63.2 Å². The second-order valence-corrected chi connectivity index (χ2v) is 4.80. The van der Waals surface area contributed by atoms with E-state index in [9.17, 15) is 4.79 Å². The smallest absolute Gasteiger partial charge is 0.344 e. The zero-order valence-corrected chi connectivity index (χ0v) is 11.5. The third-order valence-electron chi connectivity index (χ3n) is 2.39. The number of hydrogen-bond acceptors (Lipinski definition) is 2. The van der Waals surface area contributed by atoms with Gasteiger partial charge in [-0.3, -0.25) is 0 Å². The van der Waals surface area contributed by atoms with Gasteiger partial charge in [-0.15, -0.1) is 0 Å². The molecule has 0 amide bonds. The highest BCUT2D eigenvalue weighted by Gasteiger charge is 2.12. The molecular weight excluding hydrogens is 327 g/mol. The van der Waals surface area contributed by atoms with Crippen LogP contribution in [0, 0.1) is 10.5 Å². The molecule has 2 nitrogen and oxygen atoms in total. The molecule has 0 aliphatic carbocycles. The number of benzene rings is 2. The Kier molecular flexibility index (Phi) is 3.78. The number of halogens is 1. The van der Waals surface area contributed by atoms with Gasteiger partial charge in [0.2, 0.25) is 0 Å². The second kappa shape index (κ2) is 5.31. The fourth-order valence-electron chi connectivity index (χ4n) is 1.45. The number of para-hydroxylation sites is 1. The minimum absolute atomic E-state index is 0.315. The molecule has 0 aliphatic heterocycles. The lowest BCUT2D eigenvalue weighted by atomic mass is 10.2. The van der Waals surface area contributed by atoms with Crippen LogP contribution in [0.25, 0.3) is 0 Å². The van der Waals surface area contributed by atoms with E-state index < -0.39 is 0 Å². The summed E-state index contributed by atoms with van der Waals surface area (Å²) in [6.45, 7) is 1.92. The van der Waals surface area contributed by atoms with E-state index in [1.165, 1.54) is 0 Å². The highest BCUT2D eigenvalue weighted by molar-refractivity contribution is 14.1. The van der Waals surface area contributed by atoms with Gasteiger partial charge in [-0.25, -0.2) is 4.79 Å². The van der Waals surface area contributed by atoms with Gasteiger partial charge in [-0.2, -0.15) is 0 Å². The van der Waals surface area contributed by atoms with Crippen LogP contribution in [0.3, 0.4) is 0 Å². The molecule has 0 bridgehead atoms. The molecule has 17 heavy (non-hydrogen) atoms. The molecule has 0 fully saturated rings. The molecule has 0 N–H and O–H groups in total. The molecule has 0 atom stereocenters. The fraction of sp³-hybridized carbons (Fsp3) is 0.0714. The third-order valence-corrected chi connectivity index (χ3v) is 3.33. The topological polar surface area (TPSA) is 26.3 Å². The summed E-state index contributed by atoms with van der Waals surface area (Å²) < 4.78 is 6.26. The molecule has 0 saturated heterocycles. The average Bonchev–Trinajstić information content (AvgIpc) is 2.32. The second-order valence-electron chi connectivity index (χ2n) is 3.63. The number of esters is 1. The van der Waals surface area contributed by atoms with E-state index in [1.807, 2.05) is 43.3 Å². The van der Waals surface area contributed by atoms with Crippen LogP contribution in [0.5, 0.6) is 5.75 Å². The lowest BCUT2D eigenvalue weighted by molar-refractivity contribution is 0.0732. The molecule has 0 aromatic heterocycles. The Hall–Kier alpha value is -1.36. The van der Waals surface area contributed by atoms with Gasteiger partial charge in [0, 0.05) is 3.57 Å². The first-order valence-corrected chi connectivity index (χ1v) is 6.28. The Morgan fingerprint density at radius 1 is 1.06 bits per heavy atom. The number of carbonyl (C=O) groups is 1. The van der Waals surface area contributed by atoms with Crippen LogP contribution >= 0.6 is 22.6 Å². The molecule has 0 heterocycles. The van der Waals surface area contributed by atoms with Crippen molar-refractivity contribution < 1.29 is 9.53 Å². The largest absolute Gasteiger partial charge is 0.423 e. The zero-order chi connectivity index (χ0) is 12.3. The maximum absolute atomic E-state index is 12.0. The monoisotopic (exact) mass is 338 g/mol. The normalized spacial score (nSPS) is 10.0.